The third-order valence-electron chi connectivity index (χ3n) is 5.30. The first kappa shape index (κ1) is 17.5. The van der Waals surface area contributed by atoms with E-state index in [1.807, 2.05) is 18.2 Å². The van der Waals surface area contributed by atoms with Gasteiger partial charge in [0.2, 0.25) is 5.91 Å². The van der Waals surface area contributed by atoms with E-state index in [4.69, 9.17) is 15.2 Å². The van der Waals surface area contributed by atoms with Crippen LogP contribution in [0.5, 0.6) is 11.5 Å². The Kier molecular flexibility index (Phi) is 4.13. The zero-order valence-corrected chi connectivity index (χ0v) is 14.6. The van der Waals surface area contributed by atoms with Gasteiger partial charge in [-0.15, -0.1) is 6.58 Å². The molecule has 2 aromatic rings. The van der Waals surface area contributed by atoms with Crippen LogP contribution in [-0.4, -0.2) is 12.5 Å². The number of primary amides is 1. The molecule has 0 aromatic heterocycles. The molecule has 1 heterocycles. The molecule has 2 aromatic carbocycles. The standard InChI is InChI=1S/C21H19F2NO3/c1-2-4-15-14-11-12(21(9-10-21)19(24)25)7-8-13(14)18-16(26-15)5-3-6-17(18)27-20(22)23/h2-3,5-8,11,15,20H,1,4,9-10H2,(H2,24,25). The Morgan fingerprint density at radius 2 is 2.15 bits per heavy atom. The van der Waals surface area contributed by atoms with Gasteiger partial charge in [-0.2, -0.15) is 8.78 Å². The maximum absolute atomic E-state index is 12.9. The Hall–Kier alpha value is -2.89. The highest BCUT2D eigenvalue weighted by Crippen LogP contribution is 2.52. The van der Waals surface area contributed by atoms with Crippen molar-refractivity contribution >= 4 is 5.91 Å². The van der Waals surface area contributed by atoms with E-state index in [-0.39, 0.29) is 17.8 Å². The topological polar surface area (TPSA) is 61.6 Å². The molecule has 1 unspecified atom stereocenters. The molecule has 1 amide bonds. The van der Waals surface area contributed by atoms with Crippen molar-refractivity contribution in [2.45, 2.75) is 37.4 Å². The van der Waals surface area contributed by atoms with Gasteiger partial charge < -0.3 is 15.2 Å². The number of carbonyl (C=O) groups excluding carboxylic acids is 1. The van der Waals surface area contributed by atoms with Gasteiger partial charge in [0.15, 0.2) is 0 Å². The van der Waals surface area contributed by atoms with Crippen LogP contribution in [0, 0.1) is 0 Å². The number of ether oxygens (including phenoxy) is 2. The molecule has 1 aliphatic carbocycles. The van der Waals surface area contributed by atoms with E-state index < -0.39 is 12.0 Å². The summed E-state index contributed by atoms with van der Waals surface area (Å²) in [4.78, 5) is 11.9. The maximum Gasteiger partial charge on any atom is 0.387 e. The van der Waals surface area contributed by atoms with Gasteiger partial charge in [0.1, 0.15) is 17.6 Å². The maximum atomic E-state index is 12.9. The third-order valence-corrected chi connectivity index (χ3v) is 5.30. The number of amides is 1. The van der Waals surface area contributed by atoms with Gasteiger partial charge in [-0.3, -0.25) is 4.79 Å². The first-order valence-corrected chi connectivity index (χ1v) is 8.76. The summed E-state index contributed by atoms with van der Waals surface area (Å²) in [6, 6.07) is 10.4. The summed E-state index contributed by atoms with van der Waals surface area (Å²) in [6.07, 6.45) is 3.39. The van der Waals surface area contributed by atoms with Crippen LogP contribution in [0.4, 0.5) is 8.78 Å². The minimum absolute atomic E-state index is 0.0598. The lowest BCUT2D eigenvalue weighted by atomic mass is 9.85. The van der Waals surface area contributed by atoms with Crippen molar-refractivity contribution < 1.29 is 23.0 Å². The highest BCUT2D eigenvalue weighted by molar-refractivity contribution is 5.90. The lowest BCUT2D eigenvalue weighted by molar-refractivity contribution is -0.120. The molecule has 2 N–H and O–H groups in total. The first-order chi connectivity index (χ1) is 13.0. The van der Waals surface area contributed by atoms with E-state index in [1.165, 1.54) is 6.07 Å². The van der Waals surface area contributed by atoms with E-state index in [0.717, 1.165) is 16.7 Å². The van der Waals surface area contributed by atoms with Crippen LogP contribution in [0.3, 0.4) is 0 Å². The number of carbonyl (C=O) groups is 1. The molecule has 27 heavy (non-hydrogen) atoms. The van der Waals surface area contributed by atoms with Crippen molar-refractivity contribution in [1.82, 2.24) is 0 Å². The quantitative estimate of drug-likeness (QED) is 0.762. The molecule has 0 spiro atoms. The van der Waals surface area contributed by atoms with Crippen molar-refractivity contribution in [3.63, 3.8) is 0 Å². The SMILES string of the molecule is C=CCC1Oc2cccc(OC(F)F)c2-c2ccc(C3(C(N)=O)CC3)cc21. The van der Waals surface area contributed by atoms with Crippen LogP contribution in [0.25, 0.3) is 11.1 Å². The molecule has 4 rings (SSSR count). The Labute approximate surface area is 155 Å². The second-order valence-corrected chi connectivity index (χ2v) is 6.89. The van der Waals surface area contributed by atoms with Gasteiger partial charge in [0.25, 0.3) is 0 Å². The van der Waals surface area contributed by atoms with E-state index >= 15 is 0 Å². The molecule has 140 valence electrons. The monoisotopic (exact) mass is 371 g/mol. The molecule has 2 aliphatic rings. The summed E-state index contributed by atoms with van der Waals surface area (Å²) in [5.41, 5.74) is 7.86. The number of fused-ring (bicyclic) bond motifs is 3. The van der Waals surface area contributed by atoms with Crippen molar-refractivity contribution in [2.24, 2.45) is 5.73 Å². The van der Waals surface area contributed by atoms with Crippen molar-refractivity contribution in [1.29, 1.82) is 0 Å². The summed E-state index contributed by atoms with van der Waals surface area (Å²) < 4.78 is 36.5. The molecular weight excluding hydrogens is 352 g/mol. The number of halogens is 2. The van der Waals surface area contributed by atoms with Gasteiger partial charge in [-0.1, -0.05) is 30.3 Å². The van der Waals surface area contributed by atoms with Gasteiger partial charge in [-0.05, 0) is 36.1 Å². The van der Waals surface area contributed by atoms with Crippen LogP contribution in [0.2, 0.25) is 0 Å². The van der Waals surface area contributed by atoms with E-state index in [2.05, 4.69) is 6.58 Å². The highest BCUT2D eigenvalue weighted by atomic mass is 19.3. The summed E-state index contributed by atoms with van der Waals surface area (Å²) >= 11 is 0. The van der Waals surface area contributed by atoms with E-state index in [0.29, 0.717) is 30.6 Å². The van der Waals surface area contributed by atoms with Crippen molar-refractivity contribution in [2.75, 3.05) is 0 Å². The van der Waals surface area contributed by atoms with Crippen LogP contribution in [0.1, 0.15) is 36.5 Å². The average molecular weight is 371 g/mol. The largest absolute Gasteiger partial charge is 0.485 e. The lowest BCUT2D eigenvalue weighted by Crippen LogP contribution is -2.28. The van der Waals surface area contributed by atoms with Crippen LogP contribution in [0.15, 0.2) is 49.1 Å². The zero-order chi connectivity index (χ0) is 19.2. The molecule has 0 radical (unpaired) electrons. The summed E-state index contributed by atoms with van der Waals surface area (Å²) in [5.74, 6) is 0.197. The van der Waals surface area contributed by atoms with Gasteiger partial charge in [0.05, 0.1) is 11.0 Å². The second kappa shape index (κ2) is 6.37. The Morgan fingerprint density at radius 1 is 1.37 bits per heavy atom. The Morgan fingerprint density at radius 3 is 2.78 bits per heavy atom. The Bertz CT molecular complexity index is 922. The minimum atomic E-state index is -2.94. The highest BCUT2D eigenvalue weighted by Gasteiger charge is 2.50. The number of nitrogens with two attached hydrogens (primary N) is 1. The molecule has 1 aliphatic heterocycles. The number of rotatable bonds is 6. The fourth-order valence-corrected chi connectivity index (χ4v) is 3.77. The predicted octanol–water partition coefficient (Wildman–Crippen LogP) is 4.48. The van der Waals surface area contributed by atoms with Crippen LogP contribution in [-0.2, 0) is 10.2 Å². The van der Waals surface area contributed by atoms with Gasteiger partial charge in [-0.25, -0.2) is 0 Å². The molecule has 0 saturated heterocycles. The molecule has 1 atom stereocenters. The van der Waals surface area contributed by atoms with Crippen molar-refractivity contribution in [3.05, 3.63) is 60.2 Å². The molecule has 1 saturated carbocycles. The van der Waals surface area contributed by atoms with Crippen molar-refractivity contribution in [3.8, 4) is 22.6 Å². The zero-order valence-electron chi connectivity index (χ0n) is 14.6. The van der Waals surface area contributed by atoms with E-state index in [1.54, 1.807) is 18.2 Å². The van der Waals surface area contributed by atoms with Gasteiger partial charge in [0, 0.05) is 12.0 Å². The number of hydrogen-bond donors (Lipinski definition) is 1. The fraction of sp³-hybridized carbons (Fsp3) is 0.286. The smallest absolute Gasteiger partial charge is 0.387 e. The minimum Gasteiger partial charge on any atom is -0.485 e. The number of hydrogen-bond acceptors (Lipinski definition) is 3. The molecule has 0 bridgehead atoms. The fourth-order valence-electron chi connectivity index (χ4n) is 3.77. The number of benzene rings is 2. The van der Waals surface area contributed by atoms with Crippen LogP contribution < -0.4 is 15.2 Å². The molecular formula is C21H19F2NO3. The predicted molar refractivity (Wildman–Crippen MR) is 96.8 cm³/mol. The summed E-state index contributed by atoms with van der Waals surface area (Å²) in [7, 11) is 0. The first-order valence-electron chi connectivity index (χ1n) is 8.76. The van der Waals surface area contributed by atoms with E-state index in [9.17, 15) is 13.6 Å². The molecule has 1 fully saturated rings. The third kappa shape index (κ3) is 2.85. The second-order valence-electron chi connectivity index (χ2n) is 6.89. The van der Waals surface area contributed by atoms with Crippen LogP contribution >= 0.6 is 0 Å². The Balaban J connectivity index is 1.87. The normalized spacial score (nSPS) is 18.9. The average Bonchev–Trinajstić information content (AvgIpc) is 3.43. The van der Waals surface area contributed by atoms with Gasteiger partial charge >= 0.3 is 6.61 Å². The summed E-state index contributed by atoms with van der Waals surface area (Å²) in [5, 5.41) is 0. The number of alkyl halides is 2. The summed E-state index contributed by atoms with van der Waals surface area (Å²) in [6.45, 7) is 0.839. The molecule has 4 nitrogen and oxygen atoms in total. The molecule has 6 heteroatoms. The lowest BCUT2D eigenvalue weighted by Gasteiger charge is -2.30.